The molecular formula is C18H15NO3S. The largest absolute Gasteiger partial charge is 0.465 e. The number of aryl methyl sites for hydroxylation is 1. The molecule has 1 heterocycles. The molecule has 0 spiro atoms. The van der Waals surface area contributed by atoms with E-state index < -0.39 is 5.97 Å². The number of nitrogens with one attached hydrogen (secondary N) is 1. The average molecular weight is 325 g/mol. The minimum absolute atomic E-state index is 0.175. The van der Waals surface area contributed by atoms with Crippen LogP contribution in [0.15, 0.2) is 52.3 Å². The number of anilines is 1. The summed E-state index contributed by atoms with van der Waals surface area (Å²) in [5.74, 6) is -0.598. The van der Waals surface area contributed by atoms with Crippen LogP contribution in [-0.2, 0) is 9.53 Å². The Morgan fingerprint density at radius 1 is 1.22 bits per heavy atom. The maximum atomic E-state index is 12.3. The maximum Gasteiger partial charge on any atom is 0.337 e. The van der Waals surface area contributed by atoms with Gasteiger partial charge >= 0.3 is 5.97 Å². The Balaban J connectivity index is 1.92. The number of hydrogen-bond acceptors (Lipinski definition) is 4. The predicted octanol–water partition coefficient (Wildman–Crippen LogP) is 3.87. The summed E-state index contributed by atoms with van der Waals surface area (Å²) < 4.78 is 4.70. The van der Waals surface area contributed by atoms with Gasteiger partial charge in [-0.25, -0.2) is 4.79 Å². The quantitative estimate of drug-likeness (QED) is 0.673. The van der Waals surface area contributed by atoms with Crippen molar-refractivity contribution in [2.75, 3.05) is 12.4 Å². The molecular weight excluding hydrogens is 310 g/mol. The third-order valence-corrected chi connectivity index (χ3v) is 4.53. The molecule has 3 rings (SSSR count). The van der Waals surface area contributed by atoms with E-state index in [0.29, 0.717) is 16.2 Å². The highest BCUT2D eigenvalue weighted by Crippen LogP contribution is 2.39. The molecule has 116 valence electrons. The Morgan fingerprint density at radius 2 is 2.04 bits per heavy atom. The zero-order chi connectivity index (χ0) is 16.4. The highest BCUT2D eigenvalue weighted by molar-refractivity contribution is 8.04. The van der Waals surface area contributed by atoms with Gasteiger partial charge in [0.05, 0.1) is 23.3 Å². The van der Waals surface area contributed by atoms with Crippen LogP contribution in [0.1, 0.15) is 21.5 Å². The summed E-state index contributed by atoms with van der Waals surface area (Å²) in [5, 5.41) is 2.83. The SMILES string of the molecule is COC(=O)c1ccc2c(c1)NC(=O)C(=Cc1cccc(C)c1)S2. The Kier molecular flexibility index (Phi) is 4.21. The lowest BCUT2D eigenvalue weighted by Crippen LogP contribution is -2.18. The highest BCUT2D eigenvalue weighted by atomic mass is 32.2. The fraction of sp³-hybridized carbons (Fsp3) is 0.111. The zero-order valence-electron chi connectivity index (χ0n) is 12.8. The molecule has 0 atom stereocenters. The van der Waals surface area contributed by atoms with Crippen LogP contribution in [0.25, 0.3) is 6.08 Å². The van der Waals surface area contributed by atoms with Gasteiger partial charge in [-0.15, -0.1) is 0 Å². The minimum atomic E-state index is -0.423. The number of amides is 1. The number of fused-ring (bicyclic) bond motifs is 1. The van der Waals surface area contributed by atoms with Crippen molar-refractivity contribution in [3.63, 3.8) is 0 Å². The molecule has 1 N–H and O–H groups in total. The van der Waals surface area contributed by atoms with Crippen LogP contribution >= 0.6 is 11.8 Å². The monoisotopic (exact) mass is 325 g/mol. The molecule has 0 bridgehead atoms. The second-order valence-corrected chi connectivity index (χ2v) is 6.27. The number of thioether (sulfide) groups is 1. The Morgan fingerprint density at radius 3 is 2.78 bits per heavy atom. The summed E-state index contributed by atoms with van der Waals surface area (Å²) in [4.78, 5) is 25.4. The molecule has 1 aliphatic rings. The van der Waals surface area contributed by atoms with Crippen LogP contribution in [0.3, 0.4) is 0 Å². The van der Waals surface area contributed by atoms with Crippen molar-refractivity contribution >= 4 is 35.4 Å². The molecule has 2 aromatic carbocycles. The van der Waals surface area contributed by atoms with Crippen molar-refractivity contribution < 1.29 is 14.3 Å². The van der Waals surface area contributed by atoms with Crippen molar-refractivity contribution in [1.29, 1.82) is 0 Å². The summed E-state index contributed by atoms with van der Waals surface area (Å²) in [5.41, 5.74) is 3.17. The summed E-state index contributed by atoms with van der Waals surface area (Å²) in [6, 6.07) is 13.1. The molecule has 0 unspecified atom stereocenters. The minimum Gasteiger partial charge on any atom is -0.465 e. The molecule has 5 heteroatoms. The second-order valence-electron chi connectivity index (χ2n) is 5.18. The normalized spacial score (nSPS) is 15.0. The summed E-state index contributed by atoms with van der Waals surface area (Å²) >= 11 is 1.39. The van der Waals surface area contributed by atoms with Crippen LogP contribution in [-0.4, -0.2) is 19.0 Å². The lowest BCUT2D eigenvalue weighted by Gasteiger charge is -2.19. The van der Waals surface area contributed by atoms with E-state index in [-0.39, 0.29) is 5.91 Å². The molecule has 0 fully saturated rings. The molecule has 0 aliphatic carbocycles. The Hall–Kier alpha value is -2.53. The number of benzene rings is 2. The summed E-state index contributed by atoms with van der Waals surface area (Å²) in [7, 11) is 1.33. The molecule has 1 aliphatic heterocycles. The van der Waals surface area contributed by atoms with E-state index in [4.69, 9.17) is 4.74 Å². The van der Waals surface area contributed by atoms with Crippen molar-refractivity contribution in [2.45, 2.75) is 11.8 Å². The van der Waals surface area contributed by atoms with Gasteiger partial charge < -0.3 is 10.1 Å². The van der Waals surface area contributed by atoms with Crippen LogP contribution < -0.4 is 5.32 Å². The fourth-order valence-electron chi connectivity index (χ4n) is 2.32. The molecule has 23 heavy (non-hydrogen) atoms. The van der Waals surface area contributed by atoms with Gasteiger partial charge in [-0.3, -0.25) is 4.79 Å². The van der Waals surface area contributed by atoms with Gasteiger partial charge in [0.15, 0.2) is 0 Å². The molecule has 2 aromatic rings. The van der Waals surface area contributed by atoms with E-state index in [1.165, 1.54) is 18.9 Å². The predicted molar refractivity (Wildman–Crippen MR) is 91.4 cm³/mol. The number of rotatable bonds is 2. The molecule has 4 nitrogen and oxygen atoms in total. The lowest BCUT2D eigenvalue weighted by molar-refractivity contribution is -0.112. The van der Waals surface area contributed by atoms with Gasteiger partial charge in [-0.05, 0) is 36.8 Å². The van der Waals surface area contributed by atoms with Gasteiger partial charge in [0.25, 0.3) is 5.91 Å². The third kappa shape index (κ3) is 3.29. The maximum absolute atomic E-state index is 12.3. The first-order valence-electron chi connectivity index (χ1n) is 7.07. The molecule has 1 amide bonds. The van der Waals surface area contributed by atoms with Crippen LogP contribution in [0.2, 0.25) is 0 Å². The lowest BCUT2D eigenvalue weighted by atomic mass is 10.1. The van der Waals surface area contributed by atoms with Gasteiger partial charge in [-0.2, -0.15) is 0 Å². The number of carbonyl (C=O) groups is 2. The van der Waals surface area contributed by atoms with Gasteiger partial charge in [0.1, 0.15) is 0 Å². The van der Waals surface area contributed by atoms with Gasteiger partial charge in [-0.1, -0.05) is 41.6 Å². The number of hydrogen-bond donors (Lipinski definition) is 1. The molecule has 0 aromatic heterocycles. The third-order valence-electron chi connectivity index (χ3n) is 3.43. The van der Waals surface area contributed by atoms with E-state index in [9.17, 15) is 9.59 Å². The van der Waals surface area contributed by atoms with Crippen LogP contribution in [0.4, 0.5) is 5.69 Å². The standard InChI is InChI=1S/C18H15NO3S/c1-11-4-3-5-12(8-11)9-16-17(20)19-14-10-13(18(21)22-2)6-7-15(14)23-16/h3-10H,1-2H3,(H,19,20). The topological polar surface area (TPSA) is 55.4 Å². The van der Waals surface area contributed by atoms with Gasteiger partial charge in [0, 0.05) is 4.90 Å². The zero-order valence-corrected chi connectivity index (χ0v) is 13.6. The van der Waals surface area contributed by atoms with Crippen molar-refractivity contribution in [3.8, 4) is 0 Å². The fourth-order valence-corrected chi connectivity index (χ4v) is 3.25. The van der Waals surface area contributed by atoms with E-state index in [1.807, 2.05) is 43.3 Å². The molecule has 0 radical (unpaired) electrons. The number of methoxy groups -OCH3 is 1. The van der Waals surface area contributed by atoms with Crippen LogP contribution in [0.5, 0.6) is 0 Å². The summed E-state index contributed by atoms with van der Waals surface area (Å²) in [6.07, 6.45) is 1.87. The van der Waals surface area contributed by atoms with Gasteiger partial charge in [0.2, 0.25) is 0 Å². The first-order valence-corrected chi connectivity index (χ1v) is 7.88. The average Bonchev–Trinajstić information content (AvgIpc) is 2.54. The first kappa shape index (κ1) is 15.4. The van der Waals surface area contributed by atoms with E-state index in [2.05, 4.69) is 5.32 Å². The number of carbonyl (C=O) groups excluding carboxylic acids is 2. The van der Waals surface area contributed by atoms with E-state index in [1.54, 1.807) is 12.1 Å². The smallest absolute Gasteiger partial charge is 0.337 e. The second kappa shape index (κ2) is 6.30. The van der Waals surface area contributed by atoms with E-state index >= 15 is 0 Å². The summed E-state index contributed by atoms with van der Waals surface area (Å²) in [6.45, 7) is 2.01. The van der Waals surface area contributed by atoms with E-state index in [0.717, 1.165) is 16.0 Å². The first-order chi connectivity index (χ1) is 11.1. The molecule has 0 saturated carbocycles. The Bertz CT molecular complexity index is 827. The van der Waals surface area contributed by atoms with Crippen molar-refractivity contribution in [3.05, 3.63) is 64.1 Å². The highest BCUT2D eigenvalue weighted by Gasteiger charge is 2.22. The Labute approximate surface area is 138 Å². The number of ether oxygens (including phenoxy) is 1. The van der Waals surface area contributed by atoms with Crippen molar-refractivity contribution in [2.24, 2.45) is 0 Å². The molecule has 0 saturated heterocycles. The number of esters is 1. The van der Waals surface area contributed by atoms with Crippen LogP contribution in [0, 0.1) is 6.92 Å². The van der Waals surface area contributed by atoms with Crippen molar-refractivity contribution in [1.82, 2.24) is 0 Å².